The van der Waals surface area contributed by atoms with E-state index in [0.29, 0.717) is 43.9 Å². The van der Waals surface area contributed by atoms with Crippen molar-refractivity contribution in [1.82, 2.24) is 5.32 Å². The summed E-state index contributed by atoms with van der Waals surface area (Å²) in [7, 11) is -3.37. The molecule has 46 heavy (non-hydrogen) atoms. The molecule has 2 aliphatic rings. The lowest BCUT2D eigenvalue weighted by molar-refractivity contribution is -0.137. The van der Waals surface area contributed by atoms with Gasteiger partial charge in [0, 0.05) is 36.9 Å². The molecule has 0 saturated carbocycles. The number of anilines is 1. The Kier molecular flexibility index (Phi) is 10.7. The number of alkyl halides is 3. The molecule has 2 N–H and O–H groups in total. The minimum Gasteiger partial charge on any atom is -0.394 e. The number of carbonyl (C=O) groups excluding carboxylic acids is 1. The number of ether oxygens (including phenoxy) is 2. The topological polar surface area (TPSA) is 105 Å². The number of nitrogens with one attached hydrogen (secondary N) is 1. The third-order valence-corrected chi connectivity index (χ3v) is 10.5. The number of aliphatic hydroxyl groups excluding tert-OH is 1. The first-order chi connectivity index (χ1) is 22.0. The summed E-state index contributed by atoms with van der Waals surface area (Å²) in [6.45, 7) is 3.53. The standard InChI is InChI=1S/C34H39F3N2O6S/c1-2-46(42,43)31-13-7-24(8-14-31)32(21-40)38-33(41)25-5-11-28(12-6-25)39-20-26(23-3-9-27(10-4-23)34(35,36)37)19-29(39)22-45-30-15-17-44-18-16-30/h3-14,26,29-30,32,40H,2,15-22H2,1H3,(H,38,41)/t26?,29-,32-/m0/s1. The molecule has 2 aliphatic heterocycles. The molecule has 2 fully saturated rings. The van der Waals surface area contributed by atoms with Gasteiger partial charge in [0.05, 0.1) is 47.6 Å². The Balaban J connectivity index is 1.29. The van der Waals surface area contributed by atoms with Gasteiger partial charge >= 0.3 is 6.18 Å². The molecule has 0 bridgehead atoms. The van der Waals surface area contributed by atoms with E-state index in [9.17, 15) is 31.5 Å². The fourth-order valence-corrected chi connectivity index (χ4v) is 6.90. The van der Waals surface area contributed by atoms with E-state index in [2.05, 4.69) is 10.2 Å². The number of hydrogen-bond donors (Lipinski definition) is 2. The van der Waals surface area contributed by atoms with E-state index in [4.69, 9.17) is 9.47 Å². The lowest BCUT2D eigenvalue weighted by atomic mass is 9.95. The van der Waals surface area contributed by atoms with Gasteiger partial charge in [-0.3, -0.25) is 4.79 Å². The largest absolute Gasteiger partial charge is 0.416 e. The summed E-state index contributed by atoms with van der Waals surface area (Å²) >= 11 is 0. The lowest BCUT2D eigenvalue weighted by Gasteiger charge is -2.29. The summed E-state index contributed by atoms with van der Waals surface area (Å²) < 4.78 is 75.4. The fourth-order valence-electron chi connectivity index (χ4n) is 6.02. The zero-order valence-electron chi connectivity index (χ0n) is 25.6. The van der Waals surface area contributed by atoms with Crippen molar-refractivity contribution in [2.24, 2.45) is 0 Å². The third kappa shape index (κ3) is 8.09. The van der Waals surface area contributed by atoms with E-state index in [1.807, 2.05) is 12.1 Å². The Morgan fingerprint density at radius 3 is 2.26 bits per heavy atom. The Labute approximate surface area is 267 Å². The maximum atomic E-state index is 13.2. The predicted molar refractivity (Wildman–Crippen MR) is 168 cm³/mol. The second-order valence-electron chi connectivity index (χ2n) is 11.7. The Hall–Kier alpha value is -3.45. The highest BCUT2D eigenvalue weighted by atomic mass is 32.2. The number of nitrogens with zero attached hydrogens (tertiary/aromatic N) is 1. The first-order valence-electron chi connectivity index (χ1n) is 15.5. The molecule has 2 saturated heterocycles. The van der Waals surface area contributed by atoms with Crippen molar-refractivity contribution < 1.29 is 41.0 Å². The van der Waals surface area contributed by atoms with Gasteiger partial charge in [-0.25, -0.2) is 8.42 Å². The van der Waals surface area contributed by atoms with Crippen LogP contribution in [0.1, 0.15) is 65.2 Å². The van der Waals surface area contributed by atoms with Crippen molar-refractivity contribution in [3.63, 3.8) is 0 Å². The molecule has 12 heteroatoms. The number of halogens is 3. The molecule has 248 valence electrons. The van der Waals surface area contributed by atoms with Gasteiger partial charge in [-0.15, -0.1) is 0 Å². The van der Waals surface area contributed by atoms with Gasteiger partial charge in [-0.05, 0) is 78.9 Å². The maximum absolute atomic E-state index is 13.2. The van der Waals surface area contributed by atoms with Crippen molar-refractivity contribution in [1.29, 1.82) is 0 Å². The molecular formula is C34H39F3N2O6S. The van der Waals surface area contributed by atoms with Gasteiger partial charge in [0.1, 0.15) is 0 Å². The quantitative estimate of drug-likeness (QED) is 0.279. The molecule has 3 atom stereocenters. The van der Waals surface area contributed by atoms with Gasteiger partial charge in [0.15, 0.2) is 9.84 Å². The fraction of sp³-hybridized carbons (Fsp3) is 0.441. The van der Waals surface area contributed by atoms with Crippen LogP contribution in [0.5, 0.6) is 0 Å². The van der Waals surface area contributed by atoms with Gasteiger partial charge < -0.3 is 24.8 Å². The van der Waals surface area contributed by atoms with Crippen LogP contribution in [0, 0.1) is 0 Å². The van der Waals surface area contributed by atoms with Crippen molar-refractivity contribution in [2.45, 2.75) is 61.4 Å². The number of amides is 1. The van der Waals surface area contributed by atoms with Crippen molar-refractivity contribution in [2.75, 3.05) is 43.6 Å². The second kappa shape index (κ2) is 14.5. The van der Waals surface area contributed by atoms with Gasteiger partial charge in [-0.1, -0.05) is 31.2 Å². The van der Waals surface area contributed by atoms with E-state index in [1.165, 1.54) is 12.1 Å². The van der Waals surface area contributed by atoms with E-state index in [1.54, 1.807) is 43.3 Å². The summed E-state index contributed by atoms with van der Waals surface area (Å²) in [6.07, 6.45) is -1.97. The van der Waals surface area contributed by atoms with Gasteiger partial charge in [0.2, 0.25) is 0 Å². The molecule has 0 radical (unpaired) electrons. The normalized spacial score (nSPS) is 20.1. The number of carbonyl (C=O) groups is 1. The molecule has 0 aromatic heterocycles. The number of benzene rings is 3. The highest BCUT2D eigenvalue weighted by molar-refractivity contribution is 7.91. The first kappa shape index (κ1) is 33.9. The van der Waals surface area contributed by atoms with Crippen LogP contribution < -0.4 is 10.2 Å². The molecule has 3 aromatic carbocycles. The average molecular weight is 661 g/mol. The minimum atomic E-state index is -4.39. The summed E-state index contributed by atoms with van der Waals surface area (Å²) in [6, 6.07) is 17.7. The van der Waals surface area contributed by atoms with Crippen LogP contribution in [0.2, 0.25) is 0 Å². The van der Waals surface area contributed by atoms with E-state index >= 15 is 0 Å². The number of hydrogen-bond acceptors (Lipinski definition) is 7. The number of aliphatic hydroxyl groups is 1. The zero-order valence-corrected chi connectivity index (χ0v) is 26.4. The van der Waals surface area contributed by atoms with Gasteiger partial charge in [-0.2, -0.15) is 13.2 Å². The molecule has 5 rings (SSSR count). The summed E-state index contributed by atoms with van der Waals surface area (Å²) in [5.74, 6) is -0.434. The molecule has 3 aromatic rings. The third-order valence-electron chi connectivity index (χ3n) is 8.79. The van der Waals surface area contributed by atoms with Crippen molar-refractivity contribution in [3.05, 3.63) is 95.1 Å². The zero-order chi connectivity index (χ0) is 32.9. The molecule has 1 amide bonds. The van der Waals surface area contributed by atoms with Crippen LogP contribution in [0.3, 0.4) is 0 Å². The summed E-state index contributed by atoms with van der Waals surface area (Å²) in [4.78, 5) is 15.5. The molecule has 0 spiro atoms. The Bertz CT molecular complexity index is 1560. The second-order valence-corrected chi connectivity index (χ2v) is 14.0. The monoisotopic (exact) mass is 660 g/mol. The molecule has 0 aliphatic carbocycles. The first-order valence-corrected chi connectivity index (χ1v) is 17.1. The lowest BCUT2D eigenvalue weighted by Crippen LogP contribution is -2.36. The molecule has 1 unspecified atom stereocenters. The van der Waals surface area contributed by atoms with Crippen molar-refractivity contribution in [3.8, 4) is 0 Å². The van der Waals surface area contributed by atoms with Gasteiger partial charge in [0.25, 0.3) is 5.91 Å². The Morgan fingerprint density at radius 2 is 1.67 bits per heavy atom. The molecule has 2 heterocycles. The molecule has 8 nitrogen and oxygen atoms in total. The molecular weight excluding hydrogens is 621 g/mol. The van der Waals surface area contributed by atoms with Crippen LogP contribution >= 0.6 is 0 Å². The van der Waals surface area contributed by atoms with E-state index in [0.717, 1.165) is 36.2 Å². The Morgan fingerprint density at radius 1 is 1.02 bits per heavy atom. The number of rotatable bonds is 11. The van der Waals surface area contributed by atoms with Crippen LogP contribution in [0.15, 0.2) is 77.7 Å². The van der Waals surface area contributed by atoms with E-state index in [-0.39, 0.29) is 35.3 Å². The smallest absolute Gasteiger partial charge is 0.394 e. The maximum Gasteiger partial charge on any atom is 0.416 e. The highest BCUT2D eigenvalue weighted by Gasteiger charge is 2.35. The van der Waals surface area contributed by atoms with Crippen molar-refractivity contribution >= 4 is 21.4 Å². The van der Waals surface area contributed by atoms with Crippen LogP contribution in [-0.2, 0) is 25.5 Å². The number of sulfone groups is 1. The van der Waals surface area contributed by atoms with Crippen LogP contribution in [-0.4, -0.2) is 70.3 Å². The highest BCUT2D eigenvalue weighted by Crippen LogP contribution is 2.37. The van der Waals surface area contributed by atoms with Crippen LogP contribution in [0.25, 0.3) is 0 Å². The predicted octanol–water partition coefficient (Wildman–Crippen LogP) is 5.52. The van der Waals surface area contributed by atoms with Crippen LogP contribution in [0.4, 0.5) is 18.9 Å². The SMILES string of the molecule is CCS(=O)(=O)c1ccc([C@H](CO)NC(=O)c2ccc(N3CC(c4ccc(C(F)(F)F)cc4)C[C@H]3COC3CCOCC3)cc2)cc1. The van der Waals surface area contributed by atoms with E-state index < -0.39 is 33.5 Å². The summed E-state index contributed by atoms with van der Waals surface area (Å²) in [5.41, 5.74) is 1.96. The minimum absolute atomic E-state index is 0.00226. The summed E-state index contributed by atoms with van der Waals surface area (Å²) in [5, 5.41) is 12.8. The average Bonchev–Trinajstić information content (AvgIpc) is 3.50.